The third kappa shape index (κ3) is 11.6. The van der Waals surface area contributed by atoms with Gasteiger partial charge in [0.05, 0.1) is 48.7 Å². The van der Waals surface area contributed by atoms with Crippen LogP contribution in [0.4, 0.5) is 0 Å². The van der Waals surface area contributed by atoms with Crippen molar-refractivity contribution in [1.29, 1.82) is 0 Å². The average Bonchev–Trinajstić information content (AvgIpc) is 3.27. The minimum absolute atomic E-state index is 0.590. The highest BCUT2D eigenvalue weighted by Crippen LogP contribution is 2.38. The zero-order chi connectivity index (χ0) is 50.4. The standard InChI is InChI=1S/C41H70N2O25/c1-10-20(46)18(42-16(7)44)26(52)37(59-10)67-34-30(57-9)24(50)14(5)62-40(34)64-31-25(51)15(6)63-41(35(31)68-38-27(53)19(43-17(8)45)21(47)11(2)60-38)66-33-29(55)23(49)13(4)61-39(33)65-32-28(54)22(48)12(3)58-36(32)56/h10-15,18-41,46-56H,1-9H3,(H,42,44)(H,43,45)/t10-,11-,12-,13-,14-,15-,18+,19+,20+,21+,22-,23-,24-,25-,26-,27-,28+,29+,30+,31+,32+,33+,34+,35+,36+,37-,38-,39-,40-,41-/m1/s1. The van der Waals surface area contributed by atoms with E-state index in [1.807, 2.05) is 0 Å². The van der Waals surface area contributed by atoms with E-state index >= 15 is 0 Å². The molecule has 6 fully saturated rings. The number of rotatable bonds is 13. The third-order valence-corrected chi connectivity index (χ3v) is 13.3. The predicted molar refractivity (Wildman–Crippen MR) is 219 cm³/mol. The van der Waals surface area contributed by atoms with Gasteiger partial charge in [0, 0.05) is 21.0 Å². The topological polar surface area (TPSA) is 391 Å². The maximum absolute atomic E-state index is 12.2. The lowest BCUT2D eigenvalue weighted by atomic mass is 9.94. The van der Waals surface area contributed by atoms with E-state index < -0.39 is 196 Å². The molecule has 6 aliphatic rings. The smallest absolute Gasteiger partial charge is 0.217 e. The van der Waals surface area contributed by atoms with Crippen LogP contribution < -0.4 is 10.6 Å². The van der Waals surface area contributed by atoms with Crippen LogP contribution in [0.15, 0.2) is 0 Å². The molecule has 6 aliphatic heterocycles. The highest BCUT2D eigenvalue weighted by Gasteiger charge is 2.58. The Balaban J connectivity index is 1.38. The number of hydrogen-bond acceptors (Lipinski definition) is 25. The Morgan fingerprint density at radius 2 is 0.662 bits per heavy atom. The summed E-state index contributed by atoms with van der Waals surface area (Å²) < 4.78 is 72.2. The van der Waals surface area contributed by atoms with Gasteiger partial charge in [0.25, 0.3) is 0 Å². The summed E-state index contributed by atoms with van der Waals surface area (Å²) in [5.74, 6) is -1.23. The van der Waals surface area contributed by atoms with Crippen LogP contribution in [-0.2, 0) is 66.4 Å². The van der Waals surface area contributed by atoms with Crippen LogP contribution in [0, 0.1) is 0 Å². The number of carbonyl (C=O) groups excluding carboxylic acids is 2. The number of carbonyl (C=O) groups is 2. The molecule has 0 unspecified atom stereocenters. The fourth-order valence-corrected chi connectivity index (χ4v) is 9.21. The summed E-state index contributed by atoms with van der Waals surface area (Å²) in [6, 6.07) is -2.69. The van der Waals surface area contributed by atoms with Crippen molar-refractivity contribution < 1.29 is 123 Å². The van der Waals surface area contributed by atoms with Crippen LogP contribution >= 0.6 is 0 Å². The van der Waals surface area contributed by atoms with E-state index in [-0.39, 0.29) is 0 Å². The van der Waals surface area contributed by atoms with Gasteiger partial charge < -0.3 is 124 Å². The molecular weight excluding hydrogens is 920 g/mol. The Kier molecular flexibility index (Phi) is 18.6. The first-order valence-electron chi connectivity index (χ1n) is 22.6. The molecule has 6 saturated heterocycles. The Morgan fingerprint density at radius 3 is 1.10 bits per heavy atom. The number of ether oxygens (including phenoxy) is 12. The molecule has 0 bridgehead atoms. The summed E-state index contributed by atoms with van der Waals surface area (Å²) in [4.78, 5) is 24.3. The monoisotopic (exact) mass is 990 g/mol. The molecule has 68 heavy (non-hydrogen) atoms. The van der Waals surface area contributed by atoms with Gasteiger partial charge in [-0.2, -0.15) is 0 Å². The first kappa shape index (κ1) is 55.3. The number of methoxy groups -OCH3 is 1. The zero-order valence-corrected chi connectivity index (χ0v) is 39.0. The maximum atomic E-state index is 12.2. The van der Waals surface area contributed by atoms with Crippen molar-refractivity contribution in [3.63, 3.8) is 0 Å². The van der Waals surface area contributed by atoms with Gasteiger partial charge in [-0.3, -0.25) is 9.59 Å². The van der Waals surface area contributed by atoms with Gasteiger partial charge in [-0.15, -0.1) is 0 Å². The molecule has 0 radical (unpaired) electrons. The summed E-state index contributed by atoms with van der Waals surface area (Å²) in [6.45, 7) is 10.8. The first-order chi connectivity index (χ1) is 31.9. The second kappa shape index (κ2) is 22.8. The Morgan fingerprint density at radius 1 is 0.353 bits per heavy atom. The molecule has 0 aromatic carbocycles. The summed E-state index contributed by atoms with van der Waals surface area (Å²) in [5, 5.41) is 128. The van der Waals surface area contributed by atoms with Gasteiger partial charge in [-0.1, -0.05) is 0 Å². The molecule has 0 aliphatic carbocycles. The van der Waals surface area contributed by atoms with E-state index in [1.54, 1.807) is 0 Å². The van der Waals surface area contributed by atoms with Crippen LogP contribution in [-0.4, -0.2) is 259 Å². The predicted octanol–water partition coefficient (Wildman–Crippen LogP) is -6.99. The van der Waals surface area contributed by atoms with Crippen molar-refractivity contribution in [3.05, 3.63) is 0 Å². The fraction of sp³-hybridized carbons (Fsp3) is 0.951. The largest absolute Gasteiger partial charge is 0.388 e. The summed E-state index contributed by atoms with van der Waals surface area (Å²) in [7, 11) is 1.23. The highest BCUT2D eigenvalue weighted by atomic mass is 16.8. The van der Waals surface area contributed by atoms with Crippen molar-refractivity contribution >= 4 is 11.8 Å². The normalized spacial score (nSPS) is 52.5. The van der Waals surface area contributed by atoms with Gasteiger partial charge >= 0.3 is 0 Å². The van der Waals surface area contributed by atoms with Crippen LogP contribution in [0.5, 0.6) is 0 Å². The van der Waals surface area contributed by atoms with E-state index in [2.05, 4.69) is 10.6 Å². The quantitative estimate of drug-likeness (QED) is 0.0815. The molecule has 2 amide bonds. The average molecular weight is 991 g/mol. The number of nitrogens with one attached hydrogen (secondary N) is 2. The number of aliphatic hydroxyl groups is 11. The third-order valence-electron chi connectivity index (χ3n) is 13.3. The lowest BCUT2D eigenvalue weighted by Gasteiger charge is -2.51. The summed E-state index contributed by atoms with van der Waals surface area (Å²) in [6.07, 6.45) is -44.0. The minimum atomic E-state index is -1.90. The molecule has 0 saturated carbocycles. The van der Waals surface area contributed by atoms with Gasteiger partial charge in [0.1, 0.15) is 97.7 Å². The molecule has 27 nitrogen and oxygen atoms in total. The van der Waals surface area contributed by atoms with Gasteiger partial charge in [-0.25, -0.2) is 0 Å². The van der Waals surface area contributed by atoms with Crippen molar-refractivity contribution in [1.82, 2.24) is 10.6 Å². The Bertz CT molecular complexity index is 1660. The van der Waals surface area contributed by atoms with E-state index in [1.165, 1.54) is 55.6 Å². The minimum Gasteiger partial charge on any atom is -0.388 e. The summed E-state index contributed by atoms with van der Waals surface area (Å²) >= 11 is 0. The molecular formula is C41H70N2O25. The molecule has 27 heteroatoms. The maximum Gasteiger partial charge on any atom is 0.217 e. The molecule has 394 valence electrons. The Labute approximate surface area is 391 Å². The van der Waals surface area contributed by atoms with E-state index in [4.69, 9.17) is 56.8 Å². The molecule has 0 aromatic heterocycles. The van der Waals surface area contributed by atoms with Gasteiger partial charge in [0.2, 0.25) is 11.8 Å². The Hall–Kier alpha value is -1.98. The fourth-order valence-electron chi connectivity index (χ4n) is 9.21. The second-order valence-electron chi connectivity index (χ2n) is 18.3. The second-order valence-corrected chi connectivity index (χ2v) is 18.3. The van der Waals surface area contributed by atoms with Crippen molar-refractivity contribution in [2.24, 2.45) is 0 Å². The molecule has 0 spiro atoms. The highest BCUT2D eigenvalue weighted by molar-refractivity contribution is 5.73. The van der Waals surface area contributed by atoms with E-state index in [0.29, 0.717) is 0 Å². The molecule has 6 rings (SSSR count). The SMILES string of the molecule is CO[C@H]1[C@H](O)[C@@H](C)O[C@H](O[C@H]2[C@H](O)[C@@H](C)O[C@H](O[C@@H]3[C@@H](O[C@H]4[C@@H](O)[C@H](O)[C@@H](C)O[C@@H]4O)O[C@H](C)[C@@H](O)[C@@H]3O)[C@H]2O[C@H]2O[C@H](C)[C@H](O)[C@H](NC(C)=O)[C@H]2O)[C@H]1O[C@H]1O[C@H](C)[C@H](O)[C@H](NC(C)=O)[C@H]1O. The van der Waals surface area contributed by atoms with Crippen LogP contribution in [0.1, 0.15) is 55.4 Å². The molecule has 13 N–H and O–H groups in total. The van der Waals surface area contributed by atoms with Crippen LogP contribution in [0.2, 0.25) is 0 Å². The number of amides is 2. The summed E-state index contributed by atoms with van der Waals surface area (Å²) in [5.41, 5.74) is 0. The van der Waals surface area contributed by atoms with E-state index in [9.17, 15) is 65.8 Å². The van der Waals surface area contributed by atoms with Gasteiger partial charge in [-0.05, 0) is 41.5 Å². The van der Waals surface area contributed by atoms with Crippen LogP contribution in [0.25, 0.3) is 0 Å². The van der Waals surface area contributed by atoms with Crippen molar-refractivity contribution in [2.75, 3.05) is 7.11 Å². The van der Waals surface area contributed by atoms with Gasteiger partial charge in [0.15, 0.2) is 37.7 Å². The first-order valence-corrected chi connectivity index (χ1v) is 22.6. The molecule has 0 aromatic rings. The lowest BCUT2D eigenvalue weighted by Crippen LogP contribution is -2.69. The number of hydrogen-bond donors (Lipinski definition) is 13. The van der Waals surface area contributed by atoms with Crippen LogP contribution in [0.3, 0.4) is 0 Å². The van der Waals surface area contributed by atoms with E-state index in [0.717, 1.165) is 6.92 Å². The molecule has 6 heterocycles. The van der Waals surface area contributed by atoms with Crippen molar-refractivity contribution in [2.45, 2.75) is 240 Å². The lowest BCUT2D eigenvalue weighted by molar-refractivity contribution is -0.415. The molecule has 30 atom stereocenters. The zero-order valence-electron chi connectivity index (χ0n) is 39.0. The van der Waals surface area contributed by atoms with Crippen molar-refractivity contribution in [3.8, 4) is 0 Å². The number of aliphatic hydroxyl groups excluding tert-OH is 11.